The molecule has 142 valence electrons. The Kier molecular flexibility index (Phi) is 10.4. The first-order valence-electron chi connectivity index (χ1n) is 8.68. The molecule has 1 aromatic carbocycles. The first kappa shape index (κ1) is 22.2. The molecule has 0 aromatic heterocycles. The van der Waals surface area contributed by atoms with Crippen molar-refractivity contribution in [3.8, 4) is 11.5 Å². The number of phenolic OH excluding ortho intramolecular Hbond substituents is 1. The van der Waals surface area contributed by atoms with E-state index in [2.05, 4.69) is 41.2 Å². The fourth-order valence-electron chi connectivity index (χ4n) is 2.95. The van der Waals surface area contributed by atoms with Crippen LogP contribution in [0.1, 0.15) is 38.7 Å². The number of methoxy groups -OCH3 is 1. The molecule has 2 atom stereocenters. The van der Waals surface area contributed by atoms with Crippen molar-refractivity contribution >= 4 is 41.7 Å². The summed E-state index contributed by atoms with van der Waals surface area (Å²) in [5.41, 5.74) is 0.761. The molecule has 7 heteroatoms. The van der Waals surface area contributed by atoms with E-state index in [0.717, 1.165) is 29.1 Å². The highest BCUT2D eigenvalue weighted by molar-refractivity contribution is 14.0. The van der Waals surface area contributed by atoms with Gasteiger partial charge in [0.1, 0.15) is 11.5 Å². The summed E-state index contributed by atoms with van der Waals surface area (Å²) in [5.74, 6) is 2.97. The van der Waals surface area contributed by atoms with Crippen molar-refractivity contribution in [1.82, 2.24) is 10.6 Å². The van der Waals surface area contributed by atoms with Crippen molar-refractivity contribution in [3.63, 3.8) is 0 Å². The van der Waals surface area contributed by atoms with E-state index < -0.39 is 0 Å². The van der Waals surface area contributed by atoms with Gasteiger partial charge in [0.05, 0.1) is 13.7 Å². The predicted molar refractivity (Wildman–Crippen MR) is 118 cm³/mol. The molecule has 1 aliphatic rings. The van der Waals surface area contributed by atoms with E-state index in [-0.39, 0.29) is 29.7 Å². The number of benzene rings is 1. The fraction of sp³-hybridized carbons (Fsp3) is 0.611. The minimum atomic E-state index is 0. The Morgan fingerprint density at radius 1 is 1.36 bits per heavy atom. The minimum absolute atomic E-state index is 0. The normalized spacial score (nSPS) is 20.0. The van der Waals surface area contributed by atoms with Crippen molar-refractivity contribution in [2.24, 2.45) is 4.99 Å². The SMILES string of the molecule is CCNC(=NCc1cc(OC)ccc1O)NC1CCC(SCC)C1.I. The van der Waals surface area contributed by atoms with Crippen molar-refractivity contribution in [2.45, 2.75) is 50.9 Å². The molecule has 1 fully saturated rings. The number of thioether (sulfide) groups is 1. The zero-order valence-electron chi connectivity index (χ0n) is 15.2. The van der Waals surface area contributed by atoms with Gasteiger partial charge in [0.15, 0.2) is 5.96 Å². The number of aromatic hydroxyl groups is 1. The minimum Gasteiger partial charge on any atom is -0.508 e. The molecular weight excluding hydrogens is 449 g/mol. The molecule has 0 amide bonds. The van der Waals surface area contributed by atoms with Gasteiger partial charge in [0.2, 0.25) is 0 Å². The average Bonchev–Trinajstić information content (AvgIpc) is 3.01. The molecule has 0 aliphatic heterocycles. The summed E-state index contributed by atoms with van der Waals surface area (Å²) < 4.78 is 5.21. The number of rotatable bonds is 7. The largest absolute Gasteiger partial charge is 0.508 e. The van der Waals surface area contributed by atoms with Crippen LogP contribution in [0.3, 0.4) is 0 Å². The zero-order valence-corrected chi connectivity index (χ0v) is 18.4. The molecule has 1 aromatic rings. The molecule has 1 saturated carbocycles. The lowest BCUT2D eigenvalue weighted by Gasteiger charge is -2.17. The van der Waals surface area contributed by atoms with Crippen LogP contribution in [-0.2, 0) is 6.54 Å². The molecule has 5 nitrogen and oxygen atoms in total. The summed E-state index contributed by atoms with van der Waals surface area (Å²) in [5, 5.41) is 17.6. The van der Waals surface area contributed by atoms with Gasteiger partial charge in [-0.15, -0.1) is 24.0 Å². The number of hydrogen-bond acceptors (Lipinski definition) is 4. The van der Waals surface area contributed by atoms with Gasteiger partial charge in [-0.1, -0.05) is 6.92 Å². The highest BCUT2D eigenvalue weighted by atomic mass is 127. The lowest BCUT2D eigenvalue weighted by Crippen LogP contribution is -2.42. The predicted octanol–water partition coefficient (Wildman–Crippen LogP) is 3.75. The van der Waals surface area contributed by atoms with Crippen LogP contribution in [0.2, 0.25) is 0 Å². The Morgan fingerprint density at radius 3 is 2.84 bits per heavy atom. The number of guanidine groups is 1. The number of ether oxygens (including phenoxy) is 1. The molecule has 25 heavy (non-hydrogen) atoms. The maximum absolute atomic E-state index is 9.98. The van der Waals surface area contributed by atoms with Crippen LogP contribution >= 0.6 is 35.7 Å². The molecule has 1 aliphatic carbocycles. The fourth-order valence-corrected chi connectivity index (χ4v) is 4.09. The third-order valence-electron chi connectivity index (χ3n) is 4.17. The van der Waals surface area contributed by atoms with Crippen LogP contribution in [0.5, 0.6) is 11.5 Å². The van der Waals surface area contributed by atoms with Crippen LogP contribution < -0.4 is 15.4 Å². The second kappa shape index (κ2) is 11.7. The van der Waals surface area contributed by atoms with E-state index in [4.69, 9.17) is 4.74 Å². The summed E-state index contributed by atoms with van der Waals surface area (Å²) in [6.07, 6.45) is 3.64. The Morgan fingerprint density at radius 2 is 2.16 bits per heavy atom. The summed E-state index contributed by atoms with van der Waals surface area (Å²) in [6.45, 7) is 5.51. The molecular formula is C18H30IN3O2S. The molecule has 2 rings (SSSR count). The smallest absolute Gasteiger partial charge is 0.191 e. The summed E-state index contributed by atoms with van der Waals surface area (Å²) in [6, 6.07) is 5.70. The third kappa shape index (κ3) is 7.13. The highest BCUT2D eigenvalue weighted by Gasteiger charge is 2.25. The molecule has 3 N–H and O–H groups in total. The maximum atomic E-state index is 9.98. The van der Waals surface area contributed by atoms with Gasteiger partial charge in [0.25, 0.3) is 0 Å². The second-order valence-corrected chi connectivity index (χ2v) is 7.50. The van der Waals surface area contributed by atoms with E-state index in [1.165, 1.54) is 25.0 Å². The average molecular weight is 479 g/mol. The van der Waals surface area contributed by atoms with Gasteiger partial charge < -0.3 is 20.5 Å². The van der Waals surface area contributed by atoms with Gasteiger partial charge in [-0.3, -0.25) is 0 Å². The lowest BCUT2D eigenvalue weighted by molar-refractivity contribution is 0.411. The Labute approximate surface area is 172 Å². The van der Waals surface area contributed by atoms with Gasteiger partial charge in [0, 0.05) is 23.4 Å². The molecule has 0 radical (unpaired) electrons. The topological polar surface area (TPSA) is 65.9 Å². The first-order chi connectivity index (χ1) is 11.7. The van der Waals surface area contributed by atoms with E-state index in [0.29, 0.717) is 12.6 Å². The number of hydrogen-bond donors (Lipinski definition) is 3. The summed E-state index contributed by atoms with van der Waals surface area (Å²) >= 11 is 2.05. The molecule has 0 heterocycles. The van der Waals surface area contributed by atoms with Crippen LogP contribution in [0.4, 0.5) is 0 Å². The van der Waals surface area contributed by atoms with Crippen molar-refractivity contribution < 1.29 is 9.84 Å². The van der Waals surface area contributed by atoms with E-state index in [9.17, 15) is 5.11 Å². The second-order valence-electron chi connectivity index (χ2n) is 5.92. The van der Waals surface area contributed by atoms with E-state index in [1.54, 1.807) is 19.2 Å². The van der Waals surface area contributed by atoms with Gasteiger partial charge >= 0.3 is 0 Å². The van der Waals surface area contributed by atoms with Gasteiger partial charge in [-0.25, -0.2) is 4.99 Å². The van der Waals surface area contributed by atoms with Crippen LogP contribution in [0, 0.1) is 0 Å². The third-order valence-corrected chi connectivity index (χ3v) is 5.40. The zero-order chi connectivity index (χ0) is 17.4. The number of phenols is 1. The number of aliphatic imine (C=N–C) groups is 1. The summed E-state index contributed by atoms with van der Waals surface area (Å²) in [4.78, 5) is 4.63. The van der Waals surface area contributed by atoms with Crippen LogP contribution in [0.15, 0.2) is 23.2 Å². The Hall–Kier alpha value is -0.830. The number of nitrogens with zero attached hydrogens (tertiary/aromatic N) is 1. The first-order valence-corrected chi connectivity index (χ1v) is 9.73. The van der Waals surface area contributed by atoms with E-state index in [1.807, 2.05) is 6.07 Å². The number of nitrogens with one attached hydrogen (secondary N) is 2. The quantitative estimate of drug-likeness (QED) is 0.316. The Bertz CT molecular complexity index is 557. The van der Waals surface area contributed by atoms with Gasteiger partial charge in [-0.05, 0) is 50.1 Å². The molecule has 0 bridgehead atoms. The van der Waals surface area contributed by atoms with Gasteiger partial charge in [-0.2, -0.15) is 11.8 Å². The lowest BCUT2D eigenvalue weighted by atomic mass is 10.2. The maximum Gasteiger partial charge on any atom is 0.191 e. The van der Waals surface area contributed by atoms with Crippen molar-refractivity contribution in [1.29, 1.82) is 0 Å². The number of halogens is 1. The van der Waals surface area contributed by atoms with Crippen LogP contribution in [0.25, 0.3) is 0 Å². The molecule has 2 unspecified atom stereocenters. The molecule has 0 spiro atoms. The standard InChI is InChI=1S/C18H29N3O2S.HI/c1-4-19-18(21-14-6-8-16(11-14)24-5-2)20-12-13-10-15(23-3)7-9-17(13)22;/h7,9-10,14,16,22H,4-6,8,11-12H2,1-3H3,(H2,19,20,21);1H. The highest BCUT2D eigenvalue weighted by Crippen LogP contribution is 2.29. The summed E-state index contributed by atoms with van der Waals surface area (Å²) in [7, 11) is 1.62. The van der Waals surface area contributed by atoms with Crippen LogP contribution in [-0.4, -0.2) is 41.8 Å². The van der Waals surface area contributed by atoms with E-state index >= 15 is 0 Å². The van der Waals surface area contributed by atoms with Crippen molar-refractivity contribution in [2.75, 3.05) is 19.4 Å². The molecule has 0 saturated heterocycles. The van der Waals surface area contributed by atoms with Crippen molar-refractivity contribution in [3.05, 3.63) is 23.8 Å². The monoisotopic (exact) mass is 479 g/mol. The Balaban J connectivity index is 0.00000312.